The van der Waals surface area contributed by atoms with Crippen molar-refractivity contribution in [3.8, 4) is 0 Å². The van der Waals surface area contributed by atoms with E-state index in [2.05, 4.69) is 26.6 Å². The first-order valence-corrected chi connectivity index (χ1v) is 7.02. The van der Waals surface area contributed by atoms with E-state index in [9.17, 15) is 4.79 Å². The lowest BCUT2D eigenvalue weighted by molar-refractivity contribution is 0.0963. The average Bonchev–Trinajstić information content (AvgIpc) is 2.42. The molecular weight excluding hydrogens is 342 g/mol. The first-order valence-electron chi connectivity index (χ1n) is 5.85. The van der Waals surface area contributed by atoms with Gasteiger partial charge >= 0.3 is 0 Å². The van der Waals surface area contributed by atoms with Crippen LogP contribution in [0.15, 0.2) is 40.9 Å². The number of rotatable bonds is 3. The number of nitrogen functional groups attached to an aromatic ring is 1. The Morgan fingerprint density at radius 1 is 1.20 bits per heavy atom. The highest BCUT2D eigenvalue weighted by atomic mass is 79.9. The van der Waals surface area contributed by atoms with E-state index in [-0.39, 0.29) is 5.91 Å². The number of hydrogen-bond acceptors (Lipinski definition) is 3. The number of benzene rings is 2. The zero-order valence-corrected chi connectivity index (χ0v) is 13.0. The number of halogens is 2. The SMILES string of the molecule is CNC(=O)c1ccc(Nc2ccc(Br)cc2Cl)c(N)c1. The normalized spacial score (nSPS) is 10.2. The Balaban J connectivity index is 2.28. The Hall–Kier alpha value is -1.72. The molecule has 104 valence electrons. The fourth-order valence-corrected chi connectivity index (χ4v) is 2.42. The van der Waals surface area contributed by atoms with Gasteiger partial charge in [0.1, 0.15) is 0 Å². The minimum absolute atomic E-state index is 0.176. The lowest BCUT2D eigenvalue weighted by atomic mass is 10.1. The summed E-state index contributed by atoms with van der Waals surface area (Å²) in [6.07, 6.45) is 0. The van der Waals surface area contributed by atoms with Gasteiger partial charge in [0.2, 0.25) is 0 Å². The molecule has 0 aromatic heterocycles. The number of amides is 1. The summed E-state index contributed by atoms with van der Waals surface area (Å²) in [7, 11) is 1.58. The maximum absolute atomic E-state index is 11.5. The van der Waals surface area contributed by atoms with Crippen molar-refractivity contribution in [2.45, 2.75) is 0 Å². The summed E-state index contributed by atoms with van der Waals surface area (Å²) in [6.45, 7) is 0. The number of anilines is 3. The Morgan fingerprint density at radius 2 is 1.90 bits per heavy atom. The van der Waals surface area contributed by atoms with Gasteiger partial charge in [-0.25, -0.2) is 0 Å². The molecule has 0 radical (unpaired) electrons. The maximum Gasteiger partial charge on any atom is 0.251 e. The third-order valence-electron chi connectivity index (χ3n) is 2.74. The van der Waals surface area contributed by atoms with Crippen molar-refractivity contribution in [1.29, 1.82) is 0 Å². The Bertz CT molecular complexity index is 661. The third kappa shape index (κ3) is 3.23. The summed E-state index contributed by atoms with van der Waals surface area (Å²) < 4.78 is 0.899. The molecule has 2 aromatic rings. The molecule has 2 rings (SSSR count). The van der Waals surface area contributed by atoms with Crippen LogP contribution in [0.25, 0.3) is 0 Å². The van der Waals surface area contributed by atoms with Gasteiger partial charge in [-0.05, 0) is 36.4 Å². The molecule has 0 fully saturated rings. The highest BCUT2D eigenvalue weighted by Gasteiger charge is 2.08. The molecule has 0 aliphatic rings. The molecule has 4 nitrogen and oxygen atoms in total. The van der Waals surface area contributed by atoms with E-state index < -0.39 is 0 Å². The predicted octanol–water partition coefficient (Wildman–Crippen LogP) is 3.79. The molecule has 0 saturated heterocycles. The van der Waals surface area contributed by atoms with Crippen molar-refractivity contribution < 1.29 is 4.79 Å². The first kappa shape index (κ1) is 14.7. The average molecular weight is 355 g/mol. The maximum atomic E-state index is 11.5. The van der Waals surface area contributed by atoms with Crippen molar-refractivity contribution >= 4 is 50.5 Å². The van der Waals surface area contributed by atoms with Crippen LogP contribution in [-0.2, 0) is 0 Å². The van der Waals surface area contributed by atoms with Gasteiger partial charge in [-0.15, -0.1) is 0 Å². The van der Waals surface area contributed by atoms with Gasteiger partial charge in [-0.2, -0.15) is 0 Å². The van der Waals surface area contributed by atoms with Crippen LogP contribution in [0, 0.1) is 0 Å². The van der Waals surface area contributed by atoms with Gasteiger partial charge < -0.3 is 16.4 Å². The fraction of sp³-hybridized carbons (Fsp3) is 0.0714. The van der Waals surface area contributed by atoms with Crippen molar-refractivity contribution in [3.63, 3.8) is 0 Å². The van der Waals surface area contributed by atoms with Crippen molar-refractivity contribution in [2.75, 3.05) is 18.1 Å². The van der Waals surface area contributed by atoms with Crippen molar-refractivity contribution in [1.82, 2.24) is 5.32 Å². The molecule has 0 aliphatic heterocycles. The molecule has 0 bridgehead atoms. The lowest BCUT2D eigenvalue weighted by Crippen LogP contribution is -2.17. The molecule has 20 heavy (non-hydrogen) atoms. The smallest absolute Gasteiger partial charge is 0.251 e. The van der Waals surface area contributed by atoms with Crippen LogP contribution in [0.2, 0.25) is 5.02 Å². The van der Waals surface area contributed by atoms with E-state index in [4.69, 9.17) is 17.3 Å². The standard InChI is InChI=1S/C14H13BrClN3O/c1-18-14(20)8-2-4-13(11(17)6-8)19-12-5-3-9(15)7-10(12)16/h2-7,19H,17H2,1H3,(H,18,20). The Morgan fingerprint density at radius 3 is 2.50 bits per heavy atom. The largest absolute Gasteiger partial charge is 0.397 e. The summed E-state index contributed by atoms with van der Waals surface area (Å²) in [6, 6.07) is 10.6. The topological polar surface area (TPSA) is 67.2 Å². The van der Waals surface area contributed by atoms with E-state index in [1.54, 1.807) is 31.3 Å². The molecule has 0 heterocycles. The van der Waals surface area contributed by atoms with Gasteiger partial charge in [-0.3, -0.25) is 4.79 Å². The molecule has 1 amide bonds. The van der Waals surface area contributed by atoms with Crippen LogP contribution in [0.3, 0.4) is 0 Å². The summed E-state index contributed by atoms with van der Waals surface area (Å²) in [5, 5.41) is 6.27. The van der Waals surface area contributed by atoms with Crippen LogP contribution in [0.1, 0.15) is 10.4 Å². The number of nitrogens with one attached hydrogen (secondary N) is 2. The Labute approximate surface area is 130 Å². The molecule has 0 unspecified atom stereocenters. The van der Waals surface area contributed by atoms with Gasteiger partial charge in [0.25, 0.3) is 5.91 Å². The lowest BCUT2D eigenvalue weighted by Gasteiger charge is -2.12. The van der Waals surface area contributed by atoms with Crippen LogP contribution in [0.5, 0.6) is 0 Å². The van der Waals surface area contributed by atoms with E-state index in [0.717, 1.165) is 10.2 Å². The number of carbonyl (C=O) groups excluding carboxylic acids is 1. The molecule has 6 heteroatoms. The number of hydrogen-bond donors (Lipinski definition) is 3. The zero-order valence-electron chi connectivity index (χ0n) is 10.7. The minimum atomic E-state index is -0.176. The quantitative estimate of drug-likeness (QED) is 0.735. The van der Waals surface area contributed by atoms with Crippen LogP contribution in [0.4, 0.5) is 17.1 Å². The van der Waals surface area contributed by atoms with Gasteiger partial charge in [0.15, 0.2) is 0 Å². The highest BCUT2D eigenvalue weighted by molar-refractivity contribution is 9.10. The van der Waals surface area contributed by atoms with Gasteiger partial charge in [0.05, 0.1) is 22.1 Å². The summed E-state index contributed by atoms with van der Waals surface area (Å²) in [5.74, 6) is -0.176. The summed E-state index contributed by atoms with van der Waals surface area (Å²) in [4.78, 5) is 11.5. The molecule has 4 N–H and O–H groups in total. The second kappa shape index (κ2) is 6.15. The third-order valence-corrected chi connectivity index (χ3v) is 3.55. The second-order valence-electron chi connectivity index (χ2n) is 4.13. The van der Waals surface area contributed by atoms with Gasteiger partial charge in [0, 0.05) is 17.1 Å². The molecule has 0 spiro atoms. The van der Waals surface area contributed by atoms with Crippen LogP contribution < -0.4 is 16.4 Å². The summed E-state index contributed by atoms with van der Waals surface area (Å²) >= 11 is 9.49. The van der Waals surface area contributed by atoms with E-state index in [0.29, 0.717) is 22.0 Å². The highest BCUT2D eigenvalue weighted by Crippen LogP contribution is 2.30. The Kier molecular flexibility index (Phi) is 4.52. The fourth-order valence-electron chi connectivity index (χ4n) is 1.70. The molecular formula is C14H13BrClN3O. The molecule has 0 aliphatic carbocycles. The molecule has 0 atom stereocenters. The van der Waals surface area contributed by atoms with E-state index >= 15 is 0 Å². The zero-order chi connectivity index (χ0) is 14.7. The predicted molar refractivity (Wildman–Crippen MR) is 86.7 cm³/mol. The van der Waals surface area contributed by atoms with Crippen LogP contribution >= 0.6 is 27.5 Å². The minimum Gasteiger partial charge on any atom is -0.397 e. The number of carbonyl (C=O) groups is 1. The second-order valence-corrected chi connectivity index (χ2v) is 5.45. The van der Waals surface area contributed by atoms with E-state index in [1.807, 2.05) is 12.1 Å². The molecule has 0 saturated carbocycles. The van der Waals surface area contributed by atoms with Crippen LogP contribution in [-0.4, -0.2) is 13.0 Å². The van der Waals surface area contributed by atoms with Gasteiger partial charge in [-0.1, -0.05) is 27.5 Å². The first-order chi connectivity index (χ1) is 9.51. The van der Waals surface area contributed by atoms with Crippen molar-refractivity contribution in [2.24, 2.45) is 0 Å². The monoisotopic (exact) mass is 353 g/mol. The summed E-state index contributed by atoms with van der Waals surface area (Å²) in [5.41, 5.74) is 8.38. The number of nitrogens with two attached hydrogens (primary N) is 1. The van der Waals surface area contributed by atoms with Crippen molar-refractivity contribution in [3.05, 3.63) is 51.5 Å². The molecule has 2 aromatic carbocycles. The van der Waals surface area contributed by atoms with E-state index in [1.165, 1.54) is 0 Å².